The van der Waals surface area contributed by atoms with Gasteiger partial charge in [0.2, 0.25) is 0 Å². The largest absolute Gasteiger partial charge is 0.451 e. The summed E-state index contributed by atoms with van der Waals surface area (Å²) in [6.07, 6.45) is 0. The third-order valence-electron chi connectivity index (χ3n) is 3.50. The van der Waals surface area contributed by atoms with E-state index < -0.39 is 13.4 Å². The molecule has 3 aromatic carbocycles. The molecule has 0 aromatic heterocycles. The molecule has 4 nitrogen and oxygen atoms in total. The van der Waals surface area contributed by atoms with Crippen LogP contribution in [0.15, 0.2) is 84.9 Å². The first-order valence-electron chi connectivity index (χ1n) is 7.67. The quantitative estimate of drug-likeness (QED) is 0.567. The number of halogens is 1. The van der Waals surface area contributed by atoms with E-state index in [-0.39, 0.29) is 0 Å². The molecule has 0 unspecified atom stereocenters. The van der Waals surface area contributed by atoms with Gasteiger partial charge in [-0.1, -0.05) is 60.1 Å². The van der Waals surface area contributed by atoms with Gasteiger partial charge >= 0.3 is 7.60 Å². The summed E-state index contributed by atoms with van der Waals surface area (Å²) >= 11 is 5.92. The second-order valence-corrected chi connectivity index (χ2v) is 7.78. The zero-order chi connectivity index (χ0) is 17.7. The van der Waals surface area contributed by atoms with Crippen LogP contribution >= 0.6 is 19.2 Å². The summed E-state index contributed by atoms with van der Waals surface area (Å²) in [4.78, 5) is 0. The van der Waals surface area contributed by atoms with Crippen molar-refractivity contribution < 1.29 is 13.6 Å². The molecule has 0 heterocycles. The van der Waals surface area contributed by atoms with Gasteiger partial charge in [-0.25, -0.2) is 4.57 Å². The Hall–Kier alpha value is -2.26. The van der Waals surface area contributed by atoms with Crippen LogP contribution in [0.25, 0.3) is 0 Å². The third kappa shape index (κ3) is 4.43. The smallest absolute Gasteiger partial charge is 0.415 e. The predicted octanol–water partition coefficient (Wildman–Crippen LogP) is 5.65. The van der Waals surface area contributed by atoms with Crippen molar-refractivity contribution in [1.29, 1.82) is 0 Å². The maximum absolute atomic E-state index is 13.5. The van der Waals surface area contributed by atoms with Gasteiger partial charge in [0.25, 0.3) is 0 Å². The molecule has 0 radical (unpaired) electrons. The van der Waals surface area contributed by atoms with Crippen LogP contribution in [-0.2, 0) is 4.57 Å². The lowest BCUT2D eigenvalue weighted by Crippen LogP contribution is -2.18. The molecule has 1 atom stereocenters. The number of nitrogens with two attached hydrogens (primary N) is 1. The minimum Gasteiger partial charge on any atom is -0.415 e. The first kappa shape index (κ1) is 17.6. The molecule has 0 aliphatic carbocycles. The Morgan fingerprint density at radius 1 is 0.760 bits per heavy atom. The fraction of sp³-hybridized carbons (Fsp3) is 0.0526. The van der Waals surface area contributed by atoms with Crippen LogP contribution in [-0.4, -0.2) is 0 Å². The monoisotopic (exact) mass is 373 g/mol. The highest BCUT2D eigenvalue weighted by molar-refractivity contribution is 7.55. The SMILES string of the molecule is N[C@@H](c1ccc(Cl)cc1)P(=O)(Oc1ccccc1)Oc1ccccc1. The van der Waals surface area contributed by atoms with Crippen LogP contribution in [0.3, 0.4) is 0 Å². The standard InChI is InChI=1S/C19H17ClNO3P/c20-16-13-11-15(12-14-16)19(21)25(22,23-17-7-3-1-4-8-17)24-18-9-5-2-6-10-18/h1-14,19H,21H2/t19-/m1/s1. The molecular formula is C19H17ClNO3P. The second-order valence-electron chi connectivity index (χ2n) is 5.34. The average molecular weight is 374 g/mol. The number of hydrogen-bond acceptors (Lipinski definition) is 4. The number of para-hydroxylation sites is 2. The van der Waals surface area contributed by atoms with Crippen LogP contribution in [0.2, 0.25) is 5.02 Å². The summed E-state index contributed by atoms with van der Waals surface area (Å²) in [5.41, 5.74) is 6.87. The van der Waals surface area contributed by atoms with Crippen molar-refractivity contribution in [3.05, 3.63) is 95.5 Å². The molecule has 3 aromatic rings. The van der Waals surface area contributed by atoms with Gasteiger partial charge in [0.05, 0.1) is 0 Å². The van der Waals surface area contributed by atoms with E-state index in [1.165, 1.54) is 0 Å². The molecule has 2 N–H and O–H groups in total. The van der Waals surface area contributed by atoms with Crippen molar-refractivity contribution >= 4 is 19.2 Å². The Morgan fingerprint density at radius 3 is 1.64 bits per heavy atom. The summed E-state index contributed by atoms with van der Waals surface area (Å²) in [7, 11) is -3.76. The normalized spacial score (nSPS) is 12.4. The average Bonchev–Trinajstić information content (AvgIpc) is 2.63. The van der Waals surface area contributed by atoms with E-state index in [0.717, 1.165) is 0 Å². The topological polar surface area (TPSA) is 61.6 Å². The van der Waals surface area contributed by atoms with Crippen molar-refractivity contribution in [3.8, 4) is 11.5 Å². The van der Waals surface area contributed by atoms with Crippen molar-refractivity contribution in [3.63, 3.8) is 0 Å². The molecular weight excluding hydrogens is 357 g/mol. The molecule has 0 spiro atoms. The van der Waals surface area contributed by atoms with Crippen LogP contribution in [0.5, 0.6) is 11.5 Å². The lowest BCUT2D eigenvalue weighted by Gasteiger charge is -2.25. The van der Waals surface area contributed by atoms with E-state index in [1.54, 1.807) is 72.8 Å². The zero-order valence-electron chi connectivity index (χ0n) is 13.3. The summed E-state index contributed by atoms with van der Waals surface area (Å²) in [6, 6.07) is 24.4. The molecule has 0 amide bonds. The van der Waals surface area contributed by atoms with E-state index >= 15 is 0 Å². The van der Waals surface area contributed by atoms with Crippen LogP contribution in [0.1, 0.15) is 11.3 Å². The summed E-state index contributed by atoms with van der Waals surface area (Å²) < 4.78 is 25.0. The molecule has 128 valence electrons. The lowest BCUT2D eigenvalue weighted by atomic mass is 10.2. The van der Waals surface area contributed by atoms with Gasteiger partial charge < -0.3 is 14.8 Å². The Kier molecular flexibility index (Phi) is 5.44. The molecule has 0 saturated heterocycles. The van der Waals surface area contributed by atoms with E-state index in [0.29, 0.717) is 22.1 Å². The first-order valence-corrected chi connectivity index (χ1v) is 9.66. The van der Waals surface area contributed by atoms with Gasteiger partial charge in [-0.05, 0) is 42.0 Å². The van der Waals surface area contributed by atoms with E-state index in [9.17, 15) is 4.57 Å². The van der Waals surface area contributed by atoms with Crippen molar-refractivity contribution in [2.75, 3.05) is 0 Å². The fourth-order valence-corrected chi connectivity index (χ4v) is 3.99. The third-order valence-corrected chi connectivity index (χ3v) is 5.67. The molecule has 3 rings (SSSR count). The molecule has 25 heavy (non-hydrogen) atoms. The Balaban J connectivity index is 1.95. The Bertz CT molecular complexity index is 811. The molecule has 0 saturated carbocycles. The first-order chi connectivity index (χ1) is 12.1. The minimum absolute atomic E-state index is 0.422. The predicted molar refractivity (Wildman–Crippen MR) is 100 cm³/mol. The fourth-order valence-electron chi connectivity index (χ4n) is 2.23. The maximum Gasteiger partial charge on any atom is 0.451 e. The molecule has 0 aliphatic heterocycles. The van der Waals surface area contributed by atoms with E-state index in [1.807, 2.05) is 12.1 Å². The van der Waals surface area contributed by atoms with Gasteiger partial charge in [-0.15, -0.1) is 0 Å². The summed E-state index contributed by atoms with van der Waals surface area (Å²) in [6.45, 7) is 0. The highest BCUT2D eigenvalue weighted by Gasteiger charge is 2.38. The molecule has 0 fully saturated rings. The summed E-state index contributed by atoms with van der Waals surface area (Å²) in [5.74, 6) is -0.123. The van der Waals surface area contributed by atoms with Crippen molar-refractivity contribution in [2.24, 2.45) is 5.73 Å². The van der Waals surface area contributed by atoms with Gasteiger partial charge in [0, 0.05) is 5.02 Å². The van der Waals surface area contributed by atoms with E-state index in [4.69, 9.17) is 26.4 Å². The highest BCUT2D eigenvalue weighted by Crippen LogP contribution is 2.57. The van der Waals surface area contributed by atoms with Crippen molar-refractivity contribution in [2.45, 2.75) is 5.78 Å². The molecule has 0 aliphatic rings. The number of benzene rings is 3. The van der Waals surface area contributed by atoms with Crippen molar-refractivity contribution in [1.82, 2.24) is 0 Å². The highest BCUT2D eigenvalue weighted by atomic mass is 35.5. The second kappa shape index (κ2) is 7.75. The molecule has 0 bridgehead atoms. The van der Waals surface area contributed by atoms with Gasteiger partial charge in [-0.2, -0.15) is 0 Å². The van der Waals surface area contributed by atoms with Crippen LogP contribution in [0, 0.1) is 0 Å². The summed E-state index contributed by atoms with van der Waals surface area (Å²) in [5, 5.41) is 0.568. The lowest BCUT2D eigenvalue weighted by molar-refractivity contribution is 0.373. The zero-order valence-corrected chi connectivity index (χ0v) is 14.9. The number of hydrogen-bond donors (Lipinski definition) is 1. The molecule has 6 heteroatoms. The number of rotatable bonds is 6. The van der Waals surface area contributed by atoms with Gasteiger partial charge in [0.15, 0.2) is 5.78 Å². The van der Waals surface area contributed by atoms with Gasteiger partial charge in [-0.3, -0.25) is 0 Å². The van der Waals surface area contributed by atoms with Gasteiger partial charge in [0.1, 0.15) is 11.5 Å². The maximum atomic E-state index is 13.5. The van der Waals surface area contributed by atoms with Crippen LogP contribution < -0.4 is 14.8 Å². The van der Waals surface area contributed by atoms with E-state index in [2.05, 4.69) is 0 Å². The minimum atomic E-state index is -3.76. The Morgan fingerprint density at radius 2 is 1.20 bits per heavy atom. The Labute approximate surface area is 151 Å². The van der Waals surface area contributed by atoms with Crippen LogP contribution in [0.4, 0.5) is 0 Å².